The number of carbonyl (C=O) groups is 1. The molecule has 0 saturated carbocycles. The quantitative estimate of drug-likeness (QED) is 0.296. The van der Waals surface area contributed by atoms with Crippen LogP contribution in [-0.4, -0.2) is 55.6 Å². The van der Waals surface area contributed by atoms with E-state index in [0.29, 0.717) is 23.6 Å². The van der Waals surface area contributed by atoms with Crippen LogP contribution in [0, 0.1) is 11.3 Å². The van der Waals surface area contributed by atoms with E-state index >= 15 is 0 Å². The highest BCUT2D eigenvalue weighted by Crippen LogP contribution is 2.34. The van der Waals surface area contributed by atoms with Crippen LogP contribution in [0.25, 0.3) is 22.3 Å². The summed E-state index contributed by atoms with van der Waals surface area (Å²) in [6.45, 7) is 9.29. The number of nitrogens with zero attached hydrogens (tertiary/aromatic N) is 7. The monoisotopic (exact) mass is 534 g/mol. The Bertz CT molecular complexity index is 1550. The predicted molar refractivity (Wildman–Crippen MR) is 156 cm³/mol. The SMILES string of the molecule is C=CC.N#Cc1ccc2c(c1)CN(Cc1ccc(-c3nn(C4CCCN(C=O)C4)c4ncnc(N)c34)cc1)CC2. The summed E-state index contributed by atoms with van der Waals surface area (Å²) in [6, 6.07) is 16.7. The van der Waals surface area contributed by atoms with Crippen molar-refractivity contribution in [3.8, 4) is 17.3 Å². The third kappa shape index (κ3) is 5.58. The molecule has 1 fully saturated rings. The average molecular weight is 535 g/mol. The number of aromatic nitrogens is 4. The van der Waals surface area contributed by atoms with Crippen LogP contribution in [0.3, 0.4) is 0 Å². The Morgan fingerprint density at radius 3 is 2.70 bits per heavy atom. The Morgan fingerprint density at radius 2 is 1.95 bits per heavy atom. The molecular formula is C31H34N8O. The molecule has 40 heavy (non-hydrogen) atoms. The van der Waals surface area contributed by atoms with Gasteiger partial charge in [-0.3, -0.25) is 9.69 Å². The van der Waals surface area contributed by atoms with Crippen molar-refractivity contribution in [1.29, 1.82) is 5.26 Å². The van der Waals surface area contributed by atoms with E-state index in [1.165, 1.54) is 23.0 Å². The molecule has 2 N–H and O–H groups in total. The number of amides is 1. The number of allylic oxidation sites excluding steroid dienone is 1. The van der Waals surface area contributed by atoms with Gasteiger partial charge in [0.05, 0.1) is 23.1 Å². The van der Waals surface area contributed by atoms with Crippen molar-refractivity contribution in [2.24, 2.45) is 0 Å². The van der Waals surface area contributed by atoms with E-state index in [-0.39, 0.29) is 6.04 Å². The second kappa shape index (κ2) is 12.1. The summed E-state index contributed by atoms with van der Waals surface area (Å²) in [5.41, 5.74) is 13.2. The van der Waals surface area contributed by atoms with E-state index < -0.39 is 0 Å². The van der Waals surface area contributed by atoms with Gasteiger partial charge in [-0.05, 0) is 55.0 Å². The molecule has 4 heterocycles. The molecule has 204 valence electrons. The number of benzene rings is 2. The zero-order valence-corrected chi connectivity index (χ0v) is 22.8. The van der Waals surface area contributed by atoms with Crippen LogP contribution in [0.2, 0.25) is 0 Å². The number of hydrogen-bond acceptors (Lipinski definition) is 7. The first-order valence-electron chi connectivity index (χ1n) is 13.6. The smallest absolute Gasteiger partial charge is 0.209 e. The number of likely N-dealkylation sites (tertiary alicyclic amines) is 1. The minimum atomic E-state index is 0.0484. The molecule has 9 nitrogen and oxygen atoms in total. The standard InChI is InChI=1S/C28H28N8O.C3H6/c29-13-20-5-6-21-9-11-34(15-23(21)12-20)14-19-3-7-22(8-4-19)26-25-27(30)31-17-32-28(25)36(33-26)24-2-1-10-35(16-24)18-37;1-3-2/h3-8,12,17-18,24H,1-2,9-11,14-16H2,(H2,30,31,32);3H,1H2,2H3. The van der Waals surface area contributed by atoms with Crippen molar-refractivity contribution in [1.82, 2.24) is 29.5 Å². The maximum absolute atomic E-state index is 11.4. The fourth-order valence-electron chi connectivity index (χ4n) is 5.58. The fourth-order valence-corrected chi connectivity index (χ4v) is 5.58. The van der Waals surface area contributed by atoms with Crippen molar-refractivity contribution in [2.45, 2.75) is 45.3 Å². The topological polar surface area (TPSA) is 117 Å². The number of carbonyl (C=O) groups excluding carboxylic acids is 1. The highest BCUT2D eigenvalue weighted by molar-refractivity contribution is 5.98. The molecule has 0 bridgehead atoms. The molecule has 1 amide bonds. The number of nitrogen functional groups attached to an aromatic ring is 1. The third-order valence-corrected chi connectivity index (χ3v) is 7.50. The van der Waals surface area contributed by atoms with Gasteiger partial charge >= 0.3 is 0 Å². The normalized spacial score (nSPS) is 16.9. The molecule has 4 aromatic rings. The predicted octanol–water partition coefficient (Wildman–Crippen LogP) is 4.49. The van der Waals surface area contributed by atoms with Gasteiger partial charge in [0.2, 0.25) is 6.41 Å². The zero-order valence-electron chi connectivity index (χ0n) is 22.8. The van der Waals surface area contributed by atoms with Crippen LogP contribution in [-0.2, 0) is 24.3 Å². The average Bonchev–Trinajstić information content (AvgIpc) is 3.39. The number of fused-ring (bicyclic) bond motifs is 2. The van der Waals surface area contributed by atoms with Gasteiger partial charge in [0, 0.05) is 38.3 Å². The lowest BCUT2D eigenvalue weighted by Gasteiger charge is -2.30. The molecular weight excluding hydrogens is 500 g/mol. The summed E-state index contributed by atoms with van der Waals surface area (Å²) in [7, 11) is 0. The Kier molecular flexibility index (Phi) is 8.18. The fraction of sp³-hybridized carbons (Fsp3) is 0.323. The Morgan fingerprint density at radius 1 is 1.15 bits per heavy atom. The van der Waals surface area contributed by atoms with Crippen molar-refractivity contribution in [3.63, 3.8) is 0 Å². The molecule has 1 saturated heterocycles. The molecule has 0 radical (unpaired) electrons. The number of nitrogens with two attached hydrogens (primary N) is 1. The number of nitriles is 1. The summed E-state index contributed by atoms with van der Waals surface area (Å²) in [6.07, 6.45) is 6.97. The second-order valence-electron chi connectivity index (χ2n) is 10.3. The van der Waals surface area contributed by atoms with Gasteiger partial charge in [0.15, 0.2) is 5.65 Å². The molecule has 6 rings (SSSR count). The van der Waals surface area contributed by atoms with Crippen LogP contribution in [0.15, 0.2) is 61.4 Å². The van der Waals surface area contributed by atoms with Gasteiger partial charge < -0.3 is 10.6 Å². The van der Waals surface area contributed by atoms with Crippen molar-refractivity contribution in [3.05, 3.63) is 83.7 Å². The molecule has 2 aromatic heterocycles. The van der Waals surface area contributed by atoms with Crippen molar-refractivity contribution >= 4 is 23.3 Å². The lowest BCUT2D eigenvalue weighted by molar-refractivity contribution is -0.119. The Labute approximate surface area is 234 Å². The molecule has 0 spiro atoms. The van der Waals surface area contributed by atoms with Gasteiger partial charge in [-0.25, -0.2) is 14.6 Å². The van der Waals surface area contributed by atoms with Crippen LogP contribution in [0.4, 0.5) is 5.82 Å². The van der Waals surface area contributed by atoms with Crippen LogP contribution >= 0.6 is 0 Å². The van der Waals surface area contributed by atoms with Crippen LogP contribution in [0.5, 0.6) is 0 Å². The first kappa shape index (κ1) is 27.0. The van der Waals surface area contributed by atoms with E-state index in [2.05, 4.69) is 57.8 Å². The summed E-state index contributed by atoms with van der Waals surface area (Å²) >= 11 is 0. The van der Waals surface area contributed by atoms with Gasteiger partial charge in [-0.1, -0.05) is 36.4 Å². The largest absolute Gasteiger partial charge is 0.383 e. The first-order chi connectivity index (χ1) is 19.5. The Balaban J connectivity index is 0.00000103. The maximum atomic E-state index is 11.4. The third-order valence-electron chi connectivity index (χ3n) is 7.50. The summed E-state index contributed by atoms with van der Waals surface area (Å²) < 4.78 is 1.92. The first-order valence-corrected chi connectivity index (χ1v) is 13.6. The minimum absolute atomic E-state index is 0.0484. The minimum Gasteiger partial charge on any atom is -0.383 e. The number of anilines is 1. The van der Waals surface area contributed by atoms with Gasteiger partial charge in [0.25, 0.3) is 0 Å². The van der Waals surface area contributed by atoms with Crippen LogP contribution in [0.1, 0.15) is 48.1 Å². The van der Waals surface area contributed by atoms with E-state index in [1.807, 2.05) is 23.7 Å². The van der Waals surface area contributed by atoms with Crippen molar-refractivity contribution < 1.29 is 4.79 Å². The summed E-state index contributed by atoms with van der Waals surface area (Å²) in [4.78, 5) is 24.3. The van der Waals surface area contributed by atoms with E-state index in [0.717, 1.165) is 68.5 Å². The van der Waals surface area contributed by atoms with Crippen molar-refractivity contribution in [2.75, 3.05) is 25.4 Å². The van der Waals surface area contributed by atoms with Gasteiger partial charge in [-0.15, -0.1) is 6.58 Å². The second-order valence-corrected chi connectivity index (χ2v) is 10.3. The van der Waals surface area contributed by atoms with E-state index in [1.54, 1.807) is 11.0 Å². The number of piperidine rings is 1. The summed E-state index contributed by atoms with van der Waals surface area (Å²) in [5, 5.41) is 14.9. The number of hydrogen-bond donors (Lipinski definition) is 1. The molecule has 1 atom stereocenters. The molecule has 9 heteroatoms. The van der Waals surface area contributed by atoms with Gasteiger partial charge in [0.1, 0.15) is 17.8 Å². The zero-order chi connectivity index (χ0) is 28.1. The summed E-state index contributed by atoms with van der Waals surface area (Å²) in [5.74, 6) is 0.405. The number of rotatable bonds is 5. The molecule has 1 unspecified atom stereocenters. The maximum Gasteiger partial charge on any atom is 0.209 e. The highest BCUT2D eigenvalue weighted by Gasteiger charge is 2.26. The Hall–Kier alpha value is -4.55. The molecule has 2 aliphatic heterocycles. The lowest BCUT2D eigenvalue weighted by Crippen LogP contribution is -2.36. The van der Waals surface area contributed by atoms with Gasteiger partial charge in [-0.2, -0.15) is 10.4 Å². The van der Waals surface area contributed by atoms with E-state index in [9.17, 15) is 10.1 Å². The van der Waals surface area contributed by atoms with E-state index in [4.69, 9.17) is 10.8 Å². The lowest BCUT2D eigenvalue weighted by atomic mass is 9.97. The highest BCUT2D eigenvalue weighted by atomic mass is 16.1. The molecule has 0 aliphatic carbocycles. The molecule has 2 aliphatic rings. The van der Waals surface area contributed by atoms with Crippen LogP contribution < -0.4 is 5.73 Å². The molecule has 2 aromatic carbocycles.